The van der Waals surface area contributed by atoms with Crippen molar-refractivity contribution in [3.63, 3.8) is 0 Å². The van der Waals surface area contributed by atoms with Crippen LogP contribution in [-0.4, -0.2) is 13.0 Å². The standard InChI is InChI=1S/C12H15Cl2NO/c1-4-12(2,11(16)15-3)8-5-6-9(13)10(14)7-8/h5-7H,4H2,1-3H3,(H,15,16). The summed E-state index contributed by atoms with van der Waals surface area (Å²) in [5.74, 6) is -0.0200. The number of benzene rings is 1. The van der Waals surface area contributed by atoms with Crippen LogP contribution in [0.25, 0.3) is 0 Å². The molecule has 0 aliphatic rings. The fraction of sp³-hybridized carbons (Fsp3) is 0.417. The van der Waals surface area contributed by atoms with Crippen LogP contribution >= 0.6 is 23.2 Å². The molecule has 0 saturated carbocycles. The number of amides is 1. The first-order chi connectivity index (χ1) is 7.45. The molecule has 1 N–H and O–H groups in total. The van der Waals surface area contributed by atoms with E-state index in [9.17, 15) is 4.79 Å². The van der Waals surface area contributed by atoms with Gasteiger partial charge in [-0.1, -0.05) is 36.2 Å². The summed E-state index contributed by atoms with van der Waals surface area (Å²) < 4.78 is 0. The quantitative estimate of drug-likeness (QED) is 0.886. The Morgan fingerprint density at radius 3 is 2.44 bits per heavy atom. The molecule has 2 nitrogen and oxygen atoms in total. The van der Waals surface area contributed by atoms with E-state index in [-0.39, 0.29) is 5.91 Å². The predicted octanol–water partition coefficient (Wildman–Crippen LogP) is 3.41. The van der Waals surface area contributed by atoms with Crippen LogP contribution in [0.4, 0.5) is 0 Å². The molecule has 4 heteroatoms. The van der Waals surface area contributed by atoms with E-state index in [4.69, 9.17) is 23.2 Å². The minimum atomic E-state index is -0.566. The first-order valence-corrected chi connectivity index (χ1v) is 5.89. The van der Waals surface area contributed by atoms with Crippen LogP contribution in [0.5, 0.6) is 0 Å². The summed E-state index contributed by atoms with van der Waals surface area (Å²) in [7, 11) is 1.63. The molecule has 0 heterocycles. The highest BCUT2D eigenvalue weighted by Gasteiger charge is 2.32. The summed E-state index contributed by atoms with van der Waals surface area (Å²) in [6.45, 7) is 3.86. The molecule has 0 fully saturated rings. The Bertz CT molecular complexity index is 406. The van der Waals surface area contributed by atoms with Crippen molar-refractivity contribution in [3.8, 4) is 0 Å². The lowest BCUT2D eigenvalue weighted by molar-refractivity contribution is -0.125. The van der Waals surface area contributed by atoms with Crippen LogP contribution in [0.15, 0.2) is 18.2 Å². The molecule has 1 aromatic carbocycles. The highest BCUT2D eigenvalue weighted by Crippen LogP contribution is 2.32. The summed E-state index contributed by atoms with van der Waals surface area (Å²) in [5, 5.41) is 3.65. The number of halogens is 2. The van der Waals surface area contributed by atoms with Gasteiger partial charge in [-0.2, -0.15) is 0 Å². The van der Waals surface area contributed by atoms with E-state index in [2.05, 4.69) is 5.32 Å². The molecule has 16 heavy (non-hydrogen) atoms. The molecular formula is C12H15Cl2NO. The SMILES string of the molecule is CCC(C)(C(=O)NC)c1ccc(Cl)c(Cl)c1. The van der Waals surface area contributed by atoms with Gasteiger partial charge in [0.05, 0.1) is 15.5 Å². The topological polar surface area (TPSA) is 29.1 Å². The first kappa shape index (κ1) is 13.3. The van der Waals surface area contributed by atoms with Gasteiger partial charge in [0.1, 0.15) is 0 Å². The number of nitrogens with one attached hydrogen (secondary N) is 1. The van der Waals surface area contributed by atoms with Gasteiger partial charge in [-0.25, -0.2) is 0 Å². The summed E-state index contributed by atoms with van der Waals surface area (Å²) in [6.07, 6.45) is 0.699. The average Bonchev–Trinajstić information content (AvgIpc) is 2.30. The zero-order chi connectivity index (χ0) is 12.3. The third kappa shape index (κ3) is 2.33. The van der Waals surface area contributed by atoms with Crippen molar-refractivity contribution in [1.29, 1.82) is 0 Å². The van der Waals surface area contributed by atoms with Crippen LogP contribution in [0.3, 0.4) is 0 Å². The van der Waals surface area contributed by atoms with E-state index in [1.54, 1.807) is 19.2 Å². The lowest BCUT2D eigenvalue weighted by atomic mass is 9.79. The second-order valence-corrected chi connectivity index (χ2v) is 4.71. The van der Waals surface area contributed by atoms with Gasteiger partial charge in [0.2, 0.25) is 5.91 Å². The Morgan fingerprint density at radius 1 is 1.38 bits per heavy atom. The Labute approximate surface area is 106 Å². The second kappa shape index (κ2) is 5.07. The van der Waals surface area contributed by atoms with Crippen molar-refractivity contribution >= 4 is 29.1 Å². The molecule has 0 bridgehead atoms. The number of hydrogen-bond acceptors (Lipinski definition) is 1. The van der Waals surface area contributed by atoms with Gasteiger partial charge in [0.15, 0.2) is 0 Å². The molecule has 88 valence electrons. The summed E-state index contributed by atoms with van der Waals surface area (Å²) in [4.78, 5) is 11.9. The zero-order valence-corrected chi connectivity index (χ0v) is 11.1. The Balaban J connectivity index is 3.23. The van der Waals surface area contributed by atoms with Gasteiger partial charge in [-0.15, -0.1) is 0 Å². The van der Waals surface area contributed by atoms with Gasteiger partial charge in [0, 0.05) is 7.05 Å². The average molecular weight is 260 g/mol. The van der Waals surface area contributed by atoms with E-state index < -0.39 is 5.41 Å². The van der Waals surface area contributed by atoms with E-state index in [1.807, 2.05) is 19.9 Å². The van der Waals surface area contributed by atoms with Crippen LogP contribution in [-0.2, 0) is 10.2 Å². The van der Waals surface area contributed by atoms with Crippen molar-refractivity contribution in [3.05, 3.63) is 33.8 Å². The minimum Gasteiger partial charge on any atom is -0.358 e. The molecule has 0 aliphatic carbocycles. The van der Waals surface area contributed by atoms with E-state index >= 15 is 0 Å². The highest BCUT2D eigenvalue weighted by molar-refractivity contribution is 6.42. The van der Waals surface area contributed by atoms with Crippen LogP contribution in [0.1, 0.15) is 25.8 Å². The van der Waals surface area contributed by atoms with Crippen LogP contribution in [0, 0.1) is 0 Å². The largest absolute Gasteiger partial charge is 0.358 e. The van der Waals surface area contributed by atoms with Crippen molar-refractivity contribution < 1.29 is 4.79 Å². The number of likely N-dealkylation sites (N-methyl/N-ethyl adjacent to an activating group) is 1. The van der Waals surface area contributed by atoms with Crippen molar-refractivity contribution in [2.75, 3.05) is 7.05 Å². The molecule has 1 atom stereocenters. The number of rotatable bonds is 3. The molecular weight excluding hydrogens is 245 g/mol. The summed E-state index contributed by atoms with van der Waals surface area (Å²) in [6, 6.07) is 5.31. The Kier molecular flexibility index (Phi) is 4.22. The smallest absolute Gasteiger partial charge is 0.230 e. The third-order valence-electron chi connectivity index (χ3n) is 2.99. The summed E-state index contributed by atoms with van der Waals surface area (Å²) in [5.41, 5.74) is 0.312. The number of carbonyl (C=O) groups is 1. The monoisotopic (exact) mass is 259 g/mol. The predicted molar refractivity (Wildman–Crippen MR) is 68.2 cm³/mol. The maximum Gasteiger partial charge on any atom is 0.230 e. The first-order valence-electron chi connectivity index (χ1n) is 5.13. The Morgan fingerprint density at radius 2 is 2.00 bits per heavy atom. The number of carbonyl (C=O) groups excluding carboxylic acids is 1. The van der Waals surface area contributed by atoms with Gasteiger partial charge >= 0.3 is 0 Å². The van der Waals surface area contributed by atoms with Crippen molar-refractivity contribution in [2.45, 2.75) is 25.7 Å². The maximum atomic E-state index is 11.9. The lowest BCUT2D eigenvalue weighted by Gasteiger charge is -2.27. The van der Waals surface area contributed by atoms with E-state index in [0.717, 1.165) is 5.56 Å². The van der Waals surface area contributed by atoms with Crippen molar-refractivity contribution in [2.24, 2.45) is 0 Å². The second-order valence-electron chi connectivity index (χ2n) is 3.89. The fourth-order valence-corrected chi connectivity index (χ4v) is 1.91. The van der Waals surface area contributed by atoms with E-state index in [0.29, 0.717) is 16.5 Å². The molecule has 0 aromatic heterocycles. The van der Waals surface area contributed by atoms with Crippen molar-refractivity contribution in [1.82, 2.24) is 5.32 Å². The van der Waals surface area contributed by atoms with Gasteiger partial charge in [0.25, 0.3) is 0 Å². The normalized spacial score (nSPS) is 14.3. The van der Waals surface area contributed by atoms with Crippen LogP contribution < -0.4 is 5.32 Å². The third-order valence-corrected chi connectivity index (χ3v) is 3.73. The van der Waals surface area contributed by atoms with Crippen LogP contribution in [0.2, 0.25) is 10.0 Å². The zero-order valence-electron chi connectivity index (χ0n) is 9.60. The summed E-state index contributed by atoms with van der Waals surface area (Å²) >= 11 is 11.8. The molecule has 1 aromatic rings. The molecule has 1 amide bonds. The Hall–Kier alpha value is -0.730. The molecule has 1 unspecified atom stereocenters. The lowest BCUT2D eigenvalue weighted by Crippen LogP contribution is -2.40. The molecule has 0 aliphatic heterocycles. The van der Waals surface area contributed by atoms with Gasteiger partial charge < -0.3 is 5.32 Å². The highest BCUT2D eigenvalue weighted by atomic mass is 35.5. The maximum absolute atomic E-state index is 11.9. The fourth-order valence-electron chi connectivity index (χ4n) is 1.61. The van der Waals surface area contributed by atoms with Gasteiger partial charge in [-0.3, -0.25) is 4.79 Å². The molecule has 1 rings (SSSR count). The number of hydrogen-bond donors (Lipinski definition) is 1. The van der Waals surface area contributed by atoms with Gasteiger partial charge in [-0.05, 0) is 31.0 Å². The molecule has 0 radical (unpaired) electrons. The molecule has 0 saturated heterocycles. The minimum absolute atomic E-state index is 0.0200. The molecule has 0 spiro atoms. The van der Waals surface area contributed by atoms with E-state index in [1.165, 1.54) is 0 Å².